The van der Waals surface area contributed by atoms with Crippen molar-refractivity contribution in [2.24, 2.45) is 0 Å². The van der Waals surface area contributed by atoms with E-state index in [0.29, 0.717) is 0 Å². The van der Waals surface area contributed by atoms with Crippen molar-refractivity contribution in [3.8, 4) is 0 Å². The molecule has 0 aliphatic rings. The molecular weight excluding hydrogens is 88.1 g/mol. The molecule has 0 aromatic rings. The molecule has 0 N–H and O–H groups in total. The van der Waals surface area contributed by atoms with Crippen LogP contribution in [0.2, 0.25) is 0 Å². The largest absolute Gasteiger partial charge is 0.851 e. The Kier molecular flexibility index (Phi) is 3.52. The molecule has 0 rings (SSSR count). The molecule has 0 atom stereocenters. The Morgan fingerprint density at radius 2 is 2.29 bits per heavy atom. The van der Waals surface area contributed by atoms with Crippen LogP contribution in [0.4, 0.5) is 0 Å². The normalized spacial score (nSPS) is 8.71. The first-order chi connectivity index (χ1) is 3.31. The fourth-order valence-corrected chi connectivity index (χ4v) is 0.322. The van der Waals surface area contributed by atoms with Gasteiger partial charge in [0.2, 0.25) is 0 Å². The van der Waals surface area contributed by atoms with Crippen LogP contribution in [-0.2, 0) is 0 Å². The molecule has 0 amide bonds. The maximum atomic E-state index is 9.89. The van der Waals surface area contributed by atoms with E-state index in [0.717, 1.165) is 18.4 Å². The standard InChI is InChI=1S/C6H10O/c1-3-4-6(2)5-7/h1-5H2. The first kappa shape index (κ1) is 6.57. The highest BCUT2D eigenvalue weighted by Gasteiger charge is 1.83. The van der Waals surface area contributed by atoms with Gasteiger partial charge < -0.3 is 5.11 Å². The van der Waals surface area contributed by atoms with Gasteiger partial charge in [0.15, 0.2) is 0 Å². The van der Waals surface area contributed by atoms with Crippen molar-refractivity contribution in [3.63, 3.8) is 0 Å². The summed E-state index contributed by atoms with van der Waals surface area (Å²) in [5.41, 5.74) is 0.759. The molecule has 0 fully saturated rings. The van der Waals surface area contributed by atoms with E-state index in [4.69, 9.17) is 0 Å². The summed E-state index contributed by atoms with van der Waals surface area (Å²) in [4.78, 5) is 0. The van der Waals surface area contributed by atoms with Crippen molar-refractivity contribution in [2.75, 3.05) is 6.61 Å². The topological polar surface area (TPSA) is 23.1 Å². The van der Waals surface area contributed by atoms with Crippen molar-refractivity contribution in [2.45, 2.75) is 12.8 Å². The molecule has 0 bridgehead atoms. The Balaban J connectivity index is 3.00. The zero-order valence-corrected chi connectivity index (χ0v) is 4.44. The van der Waals surface area contributed by atoms with Gasteiger partial charge in [0, 0.05) is 6.42 Å². The summed E-state index contributed by atoms with van der Waals surface area (Å²) < 4.78 is 0. The fourth-order valence-electron chi connectivity index (χ4n) is 0.322. The van der Waals surface area contributed by atoms with Crippen LogP contribution in [-0.4, -0.2) is 6.61 Å². The highest BCUT2D eigenvalue weighted by atomic mass is 16.3. The van der Waals surface area contributed by atoms with Crippen molar-refractivity contribution < 1.29 is 5.11 Å². The zero-order valence-electron chi connectivity index (χ0n) is 4.44. The summed E-state index contributed by atoms with van der Waals surface area (Å²) in [6.45, 7) is 6.94. The zero-order chi connectivity index (χ0) is 5.70. The second-order valence-corrected chi connectivity index (χ2v) is 1.50. The monoisotopic (exact) mass is 98.1 g/mol. The lowest BCUT2D eigenvalue weighted by Crippen LogP contribution is -2.07. The van der Waals surface area contributed by atoms with Gasteiger partial charge in [-0.3, -0.25) is 0 Å². The molecule has 0 unspecified atom stereocenters. The quantitative estimate of drug-likeness (QED) is 0.372. The fraction of sp³-hybridized carbons (Fsp3) is 0.500. The SMILES string of the molecule is C=C(C[O-])CC[CH2+]. The highest BCUT2D eigenvalue weighted by Crippen LogP contribution is 1.96. The number of hydrogen-bond acceptors (Lipinski definition) is 1. The lowest BCUT2D eigenvalue weighted by molar-refractivity contribution is -0.356. The van der Waals surface area contributed by atoms with Gasteiger partial charge in [-0.1, -0.05) is 5.57 Å². The minimum atomic E-state index is -0.143. The Hall–Kier alpha value is -0.430. The maximum absolute atomic E-state index is 9.89. The van der Waals surface area contributed by atoms with Crippen LogP contribution in [0.5, 0.6) is 0 Å². The first-order valence-electron chi connectivity index (χ1n) is 2.35. The molecule has 0 spiro atoms. The molecule has 0 radical (unpaired) electrons. The molecule has 0 aliphatic carbocycles. The van der Waals surface area contributed by atoms with Crippen LogP contribution in [0, 0.1) is 6.92 Å². The molecular formula is C6H10O. The van der Waals surface area contributed by atoms with E-state index in [-0.39, 0.29) is 6.61 Å². The van der Waals surface area contributed by atoms with Crippen molar-refractivity contribution in [1.29, 1.82) is 0 Å². The van der Waals surface area contributed by atoms with E-state index in [2.05, 4.69) is 13.5 Å². The van der Waals surface area contributed by atoms with Crippen LogP contribution in [0.1, 0.15) is 12.8 Å². The summed E-state index contributed by atoms with van der Waals surface area (Å²) in [5, 5.41) is 9.89. The minimum Gasteiger partial charge on any atom is -0.851 e. The molecule has 0 aliphatic heterocycles. The Morgan fingerprint density at radius 1 is 1.71 bits per heavy atom. The van der Waals surface area contributed by atoms with Gasteiger partial charge in [-0.25, -0.2) is 0 Å². The first-order valence-corrected chi connectivity index (χ1v) is 2.35. The maximum Gasteiger partial charge on any atom is 0.0887 e. The Bertz CT molecular complexity index is 57.2. The van der Waals surface area contributed by atoms with Crippen molar-refractivity contribution in [3.05, 3.63) is 19.1 Å². The van der Waals surface area contributed by atoms with Crippen LogP contribution in [0.3, 0.4) is 0 Å². The van der Waals surface area contributed by atoms with Gasteiger partial charge in [-0.05, 0) is 0 Å². The van der Waals surface area contributed by atoms with Gasteiger partial charge in [0.05, 0.1) is 13.3 Å². The third-order valence-electron chi connectivity index (χ3n) is 0.734. The van der Waals surface area contributed by atoms with Gasteiger partial charge in [-0.15, -0.1) is 13.2 Å². The summed E-state index contributed by atoms with van der Waals surface area (Å²) in [5.74, 6) is 0. The van der Waals surface area contributed by atoms with Crippen molar-refractivity contribution in [1.82, 2.24) is 0 Å². The Labute approximate surface area is 44.7 Å². The molecule has 0 aromatic heterocycles. The van der Waals surface area contributed by atoms with Gasteiger partial charge in [-0.2, -0.15) is 0 Å². The van der Waals surface area contributed by atoms with Gasteiger partial charge >= 0.3 is 0 Å². The third-order valence-corrected chi connectivity index (χ3v) is 0.734. The van der Waals surface area contributed by atoms with Gasteiger partial charge in [0.1, 0.15) is 0 Å². The predicted octanol–water partition coefficient (Wildman–Crippen LogP) is 0.517. The molecule has 0 saturated heterocycles. The molecule has 40 valence electrons. The summed E-state index contributed by atoms with van der Waals surface area (Å²) in [6, 6.07) is 0. The number of rotatable bonds is 3. The molecule has 0 saturated carbocycles. The van der Waals surface area contributed by atoms with Gasteiger partial charge in [0.25, 0.3) is 0 Å². The van der Waals surface area contributed by atoms with Crippen LogP contribution >= 0.6 is 0 Å². The van der Waals surface area contributed by atoms with Crippen LogP contribution in [0.25, 0.3) is 0 Å². The molecule has 7 heavy (non-hydrogen) atoms. The van der Waals surface area contributed by atoms with E-state index in [1.165, 1.54) is 0 Å². The second-order valence-electron chi connectivity index (χ2n) is 1.50. The molecule has 1 heteroatoms. The van der Waals surface area contributed by atoms with E-state index < -0.39 is 0 Å². The molecule has 0 heterocycles. The van der Waals surface area contributed by atoms with Crippen molar-refractivity contribution >= 4 is 0 Å². The Morgan fingerprint density at radius 3 is 2.43 bits per heavy atom. The number of hydrogen-bond donors (Lipinski definition) is 0. The minimum absolute atomic E-state index is 0.143. The lowest BCUT2D eigenvalue weighted by Gasteiger charge is -2.02. The molecule has 0 aromatic carbocycles. The predicted molar refractivity (Wildman–Crippen MR) is 28.6 cm³/mol. The van der Waals surface area contributed by atoms with Crippen LogP contribution in [0.15, 0.2) is 12.2 Å². The third kappa shape index (κ3) is 3.40. The smallest absolute Gasteiger partial charge is 0.0887 e. The average Bonchev–Trinajstić information content (AvgIpc) is 1.68. The van der Waals surface area contributed by atoms with E-state index in [9.17, 15) is 5.11 Å². The van der Waals surface area contributed by atoms with E-state index in [1.54, 1.807) is 0 Å². The average molecular weight is 98.1 g/mol. The lowest BCUT2D eigenvalue weighted by atomic mass is 10.2. The highest BCUT2D eigenvalue weighted by molar-refractivity contribution is 4.92. The van der Waals surface area contributed by atoms with E-state index >= 15 is 0 Å². The second kappa shape index (κ2) is 3.75. The van der Waals surface area contributed by atoms with Crippen LogP contribution < -0.4 is 5.11 Å². The summed E-state index contributed by atoms with van der Waals surface area (Å²) >= 11 is 0. The van der Waals surface area contributed by atoms with E-state index in [1.807, 2.05) is 0 Å². The summed E-state index contributed by atoms with van der Waals surface area (Å²) in [6.07, 6.45) is 1.57. The molecule has 1 nitrogen and oxygen atoms in total. The summed E-state index contributed by atoms with van der Waals surface area (Å²) in [7, 11) is 0.